The number of anilines is 1. The molecule has 134 valence electrons. The lowest BCUT2D eigenvalue weighted by Gasteiger charge is -2.11. The van der Waals surface area contributed by atoms with Crippen molar-refractivity contribution in [2.75, 3.05) is 5.32 Å². The largest absolute Gasteiger partial charge is 0.406 e. The Morgan fingerprint density at radius 1 is 1.12 bits per heavy atom. The van der Waals surface area contributed by atoms with Crippen molar-refractivity contribution in [1.29, 1.82) is 0 Å². The highest BCUT2D eigenvalue weighted by atomic mass is 79.9. The lowest BCUT2D eigenvalue weighted by Crippen LogP contribution is -2.43. The highest BCUT2D eigenvalue weighted by molar-refractivity contribution is 9.10. The summed E-state index contributed by atoms with van der Waals surface area (Å²) in [6.07, 6.45) is -3.03. The van der Waals surface area contributed by atoms with Crippen molar-refractivity contribution >= 4 is 27.5 Å². The molecule has 0 fully saturated rings. The molecule has 0 aliphatic heterocycles. The molecule has 1 amide bonds. The van der Waals surface area contributed by atoms with Gasteiger partial charge in [0.05, 0.1) is 5.69 Å². The van der Waals surface area contributed by atoms with Crippen molar-refractivity contribution in [2.45, 2.75) is 19.3 Å². The van der Waals surface area contributed by atoms with Crippen LogP contribution in [0, 0.1) is 5.82 Å². The normalized spacial score (nSPS) is 11.4. The SMILES string of the molecule is O=C(Cn1ccn(CC(F)(F)F)c(=O)c1=O)Nc1ccc(Br)cc1F. The van der Waals surface area contributed by atoms with Gasteiger partial charge in [-0.1, -0.05) is 15.9 Å². The number of benzene rings is 1. The molecule has 1 aromatic carbocycles. The summed E-state index contributed by atoms with van der Waals surface area (Å²) in [6, 6.07) is 3.87. The van der Waals surface area contributed by atoms with Crippen LogP contribution in [0.4, 0.5) is 23.2 Å². The van der Waals surface area contributed by atoms with Gasteiger partial charge in [0.1, 0.15) is 18.9 Å². The number of amides is 1. The molecule has 2 aromatic rings. The van der Waals surface area contributed by atoms with E-state index in [0.717, 1.165) is 18.5 Å². The van der Waals surface area contributed by atoms with Gasteiger partial charge in [0.25, 0.3) is 0 Å². The van der Waals surface area contributed by atoms with Crippen molar-refractivity contribution in [3.05, 3.63) is 61.6 Å². The van der Waals surface area contributed by atoms with Gasteiger partial charge < -0.3 is 9.88 Å². The molecule has 0 bridgehead atoms. The number of aromatic nitrogens is 2. The number of nitrogens with one attached hydrogen (secondary N) is 1. The van der Waals surface area contributed by atoms with Crippen LogP contribution in [0.3, 0.4) is 0 Å². The summed E-state index contributed by atoms with van der Waals surface area (Å²) < 4.78 is 51.8. The predicted molar refractivity (Wildman–Crippen MR) is 83.7 cm³/mol. The zero-order valence-corrected chi connectivity index (χ0v) is 13.9. The summed E-state index contributed by atoms with van der Waals surface area (Å²) in [5, 5.41) is 2.20. The molecule has 1 heterocycles. The minimum Gasteiger partial charge on any atom is -0.322 e. The Balaban J connectivity index is 2.17. The van der Waals surface area contributed by atoms with Gasteiger partial charge in [-0.05, 0) is 18.2 Å². The zero-order valence-electron chi connectivity index (χ0n) is 12.3. The third kappa shape index (κ3) is 5.02. The number of nitrogens with zero attached hydrogens (tertiary/aromatic N) is 2. The molecule has 25 heavy (non-hydrogen) atoms. The lowest BCUT2D eigenvalue weighted by atomic mass is 10.3. The van der Waals surface area contributed by atoms with Crippen molar-refractivity contribution in [3.8, 4) is 0 Å². The smallest absolute Gasteiger partial charge is 0.322 e. The second kappa shape index (κ2) is 7.21. The number of hydrogen-bond acceptors (Lipinski definition) is 3. The molecule has 6 nitrogen and oxygen atoms in total. The molecule has 0 unspecified atom stereocenters. The third-order valence-electron chi connectivity index (χ3n) is 3.00. The molecule has 11 heteroatoms. The van der Waals surface area contributed by atoms with Crippen LogP contribution >= 0.6 is 15.9 Å². The van der Waals surface area contributed by atoms with Crippen molar-refractivity contribution in [1.82, 2.24) is 9.13 Å². The first-order valence-electron chi connectivity index (χ1n) is 6.68. The van der Waals surface area contributed by atoms with Gasteiger partial charge in [0.15, 0.2) is 0 Å². The molecule has 0 saturated carbocycles. The standard InChI is InChI=1S/C14H10BrF4N3O3/c15-8-1-2-10(9(16)5-8)20-11(23)6-21-3-4-22(7-14(17,18)19)13(25)12(21)24/h1-5H,6-7H2,(H,20,23). The fourth-order valence-corrected chi connectivity index (χ4v) is 2.25. The predicted octanol–water partition coefficient (Wildman–Crippen LogP) is 2.11. The van der Waals surface area contributed by atoms with Crippen LogP contribution in [-0.4, -0.2) is 21.2 Å². The Morgan fingerprint density at radius 2 is 1.72 bits per heavy atom. The van der Waals surface area contributed by atoms with Crippen LogP contribution < -0.4 is 16.4 Å². The van der Waals surface area contributed by atoms with Gasteiger partial charge in [-0.3, -0.25) is 19.0 Å². The Kier molecular flexibility index (Phi) is 5.45. The Morgan fingerprint density at radius 3 is 2.32 bits per heavy atom. The van der Waals surface area contributed by atoms with Gasteiger partial charge in [0.2, 0.25) is 5.91 Å². The second-order valence-electron chi connectivity index (χ2n) is 4.95. The first-order chi connectivity index (χ1) is 11.6. The number of hydrogen-bond donors (Lipinski definition) is 1. The molecule has 2 rings (SSSR count). The highest BCUT2D eigenvalue weighted by Gasteiger charge is 2.28. The summed E-state index contributed by atoms with van der Waals surface area (Å²) >= 11 is 3.05. The van der Waals surface area contributed by atoms with Crippen molar-refractivity contribution < 1.29 is 22.4 Å². The number of carbonyl (C=O) groups is 1. The van der Waals surface area contributed by atoms with Crippen molar-refractivity contribution in [3.63, 3.8) is 0 Å². The molecule has 0 aliphatic rings. The first kappa shape index (κ1) is 18.9. The molecular formula is C14H10BrF4N3O3. The number of carbonyl (C=O) groups excluding carboxylic acids is 1. The Labute approximate surface area is 145 Å². The van der Waals surface area contributed by atoms with E-state index in [-0.39, 0.29) is 10.3 Å². The topological polar surface area (TPSA) is 73.1 Å². The van der Waals surface area contributed by atoms with Crippen LogP contribution in [0.15, 0.2) is 44.7 Å². The molecule has 1 N–H and O–H groups in total. The fraction of sp³-hybridized carbons (Fsp3) is 0.214. The molecule has 0 radical (unpaired) electrons. The van der Waals surface area contributed by atoms with E-state index < -0.39 is 42.1 Å². The lowest BCUT2D eigenvalue weighted by molar-refractivity contribution is -0.141. The van der Waals surface area contributed by atoms with Crippen LogP contribution in [0.1, 0.15) is 0 Å². The van der Waals surface area contributed by atoms with Crippen LogP contribution in [0.25, 0.3) is 0 Å². The summed E-state index contributed by atoms with van der Waals surface area (Å²) in [5.41, 5.74) is -2.85. The van der Waals surface area contributed by atoms with Crippen LogP contribution in [0.5, 0.6) is 0 Å². The average Bonchev–Trinajstić information content (AvgIpc) is 2.49. The van der Waals surface area contributed by atoms with E-state index in [0.29, 0.717) is 9.04 Å². The second-order valence-corrected chi connectivity index (χ2v) is 5.87. The van der Waals surface area contributed by atoms with Gasteiger partial charge in [0, 0.05) is 16.9 Å². The summed E-state index contributed by atoms with van der Waals surface area (Å²) in [4.78, 5) is 35.3. The van der Waals surface area contributed by atoms with Crippen LogP contribution in [0.2, 0.25) is 0 Å². The minimum atomic E-state index is -4.67. The fourth-order valence-electron chi connectivity index (χ4n) is 1.92. The van der Waals surface area contributed by atoms with Crippen LogP contribution in [-0.2, 0) is 17.9 Å². The maximum absolute atomic E-state index is 13.6. The maximum atomic E-state index is 13.6. The molecule has 1 aromatic heterocycles. The Hall–Kier alpha value is -2.43. The summed E-state index contributed by atoms with van der Waals surface area (Å²) in [6.45, 7) is -2.27. The summed E-state index contributed by atoms with van der Waals surface area (Å²) in [5.74, 6) is -1.55. The average molecular weight is 424 g/mol. The molecule has 0 saturated heterocycles. The zero-order chi connectivity index (χ0) is 18.8. The number of rotatable bonds is 4. The molecule has 0 spiro atoms. The van der Waals surface area contributed by atoms with E-state index in [2.05, 4.69) is 21.2 Å². The van der Waals surface area contributed by atoms with E-state index in [4.69, 9.17) is 0 Å². The van der Waals surface area contributed by atoms with E-state index in [1.165, 1.54) is 12.1 Å². The van der Waals surface area contributed by atoms with Gasteiger partial charge in [-0.15, -0.1) is 0 Å². The van der Waals surface area contributed by atoms with Gasteiger partial charge >= 0.3 is 17.3 Å². The Bertz CT molecular complexity index is 921. The van der Waals surface area contributed by atoms with Gasteiger partial charge in [-0.25, -0.2) is 4.39 Å². The first-order valence-corrected chi connectivity index (χ1v) is 7.47. The molecular weight excluding hydrogens is 414 g/mol. The minimum absolute atomic E-state index is 0.147. The third-order valence-corrected chi connectivity index (χ3v) is 3.49. The van der Waals surface area contributed by atoms with Gasteiger partial charge in [-0.2, -0.15) is 13.2 Å². The van der Waals surface area contributed by atoms with E-state index in [9.17, 15) is 31.9 Å². The maximum Gasteiger partial charge on any atom is 0.406 e. The van der Waals surface area contributed by atoms with Crippen molar-refractivity contribution in [2.24, 2.45) is 0 Å². The summed E-state index contributed by atoms with van der Waals surface area (Å²) in [7, 11) is 0. The van der Waals surface area contributed by atoms with E-state index in [1.807, 2.05) is 0 Å². The van der Waals surface area contributed by atoms with E-state index >= 15 is 0 Å². The van der Waals surface area contributed by atoms with E-state index in [1.54, 1.807) is 0 Å². The molecule has 0 atom stereocenters. The monoisotopic (exact) mass is 423 g/mol. The number of alkyl halides is 3. The highest BCUT2D eigenvalue weighted by Crippen LogP contribution is 2.19. The number of halogens is 5. The molecule has 0 aliphatic carbocycles. The quantitative estimate of drug-likeness (QED) is 0.604.